The molecular formula is C13H22N2O4. The lowest BCUT2D eigenvalue weighted by Crippen LogP contribution is -2.53. The molecule has 108 valence electrons. The minimum Gasteiger partial charge on any atom is -0.479 e. The minimum absolute atomic E-state index is 0.0386. The number of aliphatic carboxylic acids is 1. The van der Waals surface area contributed by atoms with Crippen molar-refractivity contribution < 1.29 is 19.4 Å². The highest BCUT2D eigenvalue weighted by atomic mass is 16.5. The number of hydrogen-bond donors (Lipinski definition) is 1. The molecule has 2 aliphatic rings. The van der Waals surface area contributed by atoms with Crippen molar-refractivity contribution in [2.24, 2.45) is 5.92 Å². The molecule has 1 unspecified atom stereocenters. The molecule has 1 saturated heterocycles. The molecule has 1 atom stereocenters. The quantitative estimate of drug-likeness (QED) is 0.809. The summed E-state index contributed by atoms with van der Waals surface area (Å²) in [5.41, 5.74) is 0. The van der Waals surface area contributed by atoms with Gasteiger partial charge < -0.3 is 19.6 Å². The first-order valence-electron chi connectivity index (χ1n) is 7.00. The summed E-state index contributed by atoms with van der Waals surface area (Å²) in [7, 11) is 0. The Labute approximate surface area is 113 Å². The summed E-state index contributed by atoms with van der Waals surface area (Å²) in [5, 5.41) is 8.96. The van der Waals surface area contributed by atoms with Gasteiger partial charge in [-0.15, -0.1) is 0 Å². The van der Waals surface area contributed by atoms with Crippen molar-refractivity contribution in [3.05, 3.63) is 0 Å². The predicted molar refractivity (Wildman–Crippen MR) is 68.9 cm³/mol. The third kappa shape index (κ3) is 3.83. The number of hydrogen-bond acceptors (Lipinski definition) is 3. The van der Waals surface area contributed by atoms with Crippen LogP contribution in [-0.2, 0) is 9.53 Å². The average Bonchev–Trinajstić information content (AvgIpc) is 3.21. The molecule has 0 aromatic rings. The Balaban J connectivity index is 1.92. The van der Waals surface area contributed by atoms with Crippen LogP contribution in [0.2, 0.25) is 0 Å². The van der Waals surface area contributed by atoms with Crippen molar-refractivity contribution in [2.45, 2.75) is 32.3 Å². The van der Waals surface area contributed by atoms with Gasteiger partial charge in [-0.3, -0.25) is 0 Å². The van der Waals surface area contributed by atoms with Crippen LogP contribution in [0.15, 0.2) is 0 Å². The van der Waals surface area contributed by atoms with E-state index >= 15 is 0 Å². The Hall–Kier alpha value is -1.30. The first kappa shape index (κ1) is 14.1. The second-order valence-corrected chi connectivity index (χ2v) is 5.32. The summed E-state index contributed by atoms with van der Waals surface area (Å²) in [5.74, 6) is -0.353. The fraction of sp³-hybridized carbons (Fsp3) is 0.846. The molecule has 6 heteroatoms. The van der Waals surface area contributed by atoms with Crippen molar-refractivity contribution in [1.82, 2.24) is 9.80 Å². The normalized spacial score (nSPS) is 23.2. The molecule has 2 rings (SSSR count). The average molecular weight is 270 g/mol. The van der Waals surface area contributed by atoms with Crippen LogP contribution in [0.25, 0.3) is 0 Å². The van der Waals surface area contributed by atoms with Gasteiger partial charge in [-0.05, 0) is 25.2 Å². The zero-order valence-corrected chi connectivity index (χ0v) is 11.4. The number of ether oxygens (including phenoxy) is 1. The van der Waals surface area contributed by atoms with Gasteiger partial charge in [0.25, 0.3) is 0 Å². The fourth-order valence-corrected chi connectivity index (χ4v) is 2.32. The maximum Gasteiger partial charge on any atom is 0.334 e. The molecule has 1 N–H and O–H groups in total. The van der Waals surface area contributed by atoms with Crippen molar-refractivity contribution in [3.8, 4) is 0 Å². The number of carboxylic acids is 1. The van der Waals surface area contributed by atoms with E-state index in [-0.39, 0.29) is 12.6 Å². The molecule has 0 aromatic heterocycles. The van der Waals surface area contributed by atoms with Gasteiger partial charge in [0.2, 0.25) is 0 Å². The lowest BCUT2D eigenvalue weighted by atomic mass is 10.2. The third-order valence-corrected chi connectivity index (χ3v) is 3.55. The number of carbonyl (C=O) groups excluding carboxylic acids is 1. The maximum absolute atomic E-state index is 12.4. The van der Waals surface area contributed by atoms with Gasteiger partial charge in [-0.1, -0.05) is 6.92 Å². The van der Waals surface area contributed by atoms with E-state index in [4.69, 9.17) is 9.84 Å². The molecule has 0 aromatic carbocycles. The SMILES string of the molecule is CCCN(CC1CC1)C(=O)N1CCOC(C(=O)O)C1. The lowest BCUT2D eigenvalue weighted by molar-refractivity contribution is -0.154. The zero-order chi connectivity index (χ0) is 13.8. The minimum atomic E-state index is -0.998. The van der Waals surface area contributed by atoms with Gasteiger partial charge in [-0.2, -0.15) is 0 Å². The van der Waals surface area contributed by atoms with Crippen molar-refractivity contribution in [1.29, 1.82) is 0 Å². The number of amides is 2. The Morgan fingerprint density at radius 1 is 1.42 bits per heavy atom. The largest absolute Gasteiger partial charge is 0.479 e. The monoisotopic (exact) mass is 270 g/mol. The van der Waals surface area contributed by atoms with E-state index in [2.05, 4.69) is 0 Å². The third-order valence-electron chi connectivity index (χ3n) is 3.55. The van der Waals surface area contributed by atoms with Gasteiger partial charge in [0.1, 0.15) is 0 Å². The highest BCUT2D eigenvalue weighted by Gasteiger charge is 2.33. The lowest BCUT2D eigenvalue weighted by Gasteiger charge is -2.35. The molecule has 0 spiro atoms. The van der Waals surface area contributed by atoms with E-state index in [9.17, 15) is 9.59 Å². The second-order valence-electron chi connectivity index (χ2n) is 5.32. The van der Waals surface area contributed by atoms with Gasteiger partial charge in [0.15, 0.2) is 6.10 Å². The van der Waals surface area contributed by atoms with Crippen LogP contribution in [0.1, 0.15) is 26.2 Å². The van der Waals surface area contributed by atoms with Crippen LogP contribution in [0.5, 0.6) is 0 Å². The Morgan fingerprint density at radius 3 is 2.74 bits per heavy atom. The van der Waals surface area contributed by atoms with E-state index in [1.807, 2.05) is 11.8 Å². The Morgan fingerprint density at radius 2 is 2.16 bits per heavy atom. The predicted octanol–water partition coefficient (Wildman–Crippen LogP) is 1.01. The summed E-state index contributed by atoms with van der Waals surface area (Å²) in [6.07, 6.45) is 2.44. The van der Waals surface area contributed by atoms with Crippen LogP contribution >= 0.6 is 0 Å². The molecule has 1 saturated carbocycles. The summed E-state index contributed by atoms with van der Waals surface area (Å²) in [6, 6.07) is -0.0386. The van der Waals surface area contributed by atoms with Gasteiger partial charge in [-0.25, -0.2) is 9.59 Å². The van der Waals surface area contributed by atoms with E-state index in [1.165, 1.54) is 12.8 Å². The maximum atomic E-state index is 12.4. The van der Waals surface area contributed by atoms with Gasteiger partial charge >= 0.3 is 12.0 Å². The molecule has 19 heavy (non-hydrogen) atoms. The Kier molecular flexibility index (Phi) is 4.63. The number of rotatable bonds is 5. The summed E-state index contributed by atoms with van der Waals surface area (Å²) >= 11 is 0. The van der Waals surface area contributed by atoms with Crippen molar-refractivity contribution in [3.63, 3.8) is 0 Å². The van der Waals surface area contributed by atoms with Crippen LogP contribution in [0, 0.1) is 5.92 Å². The van der Waals surface area contributed by atoms with Crippen LogP contribution in [-0.4, -0.2) is 65.8 Å². The molecule has 1 heterocycles. The highest BCUT2D eigenvalue weighted by Crippen LogP contribution is 2.30. The number of urea groups is 1. The standard InChI is InChI=1S/C13H22N2O4/c1-2-5-14(8-10-3-4-10)13(18)15-6-7-19-11(9-15)12(16)17/h10-11H,2-9H2,1H3,(H,16,17). The molecular weight excluding hydrogens is 248 g/mol. The molecule has 1 aliphatic carbocycles. The molecule has 6 nitrogen and oxygen atoms in total. The van der Waals surface area contributed by atoms with Crippen LogP contribution in [0.4, 0.5) is 4.79 Å². The molecule has 2 amide bonds. The fourth-order valence-electron chi connectivity index (χ4n) is 2.32. The molecule has 1 aliphatic heterocycles. The zero-order valence-electron chi connectivity index (χ0n) is 11.4. The number of morpholine rings is 1. The van der Waals surface area contributed by atoms with E-state index < -0.39 is 12.1 Å². The van der Waals surface area contributed by atoms with Crippen LogP contribution in [0.3, 0.4) is 0 Å². The van der Waals surface area contributed by atoms with E-state index in [0.29, 0.717) is 19.1 Å². The molecule has 2 fully saturated rings. The molecule has 0 bridgehead atoms. The van der Waals surface area contributed by atoms with Gasteiger partial charge in [0, 0.05) is 19.6 Å². The first-order valence-corrected chi connectivity index (χ1v) is 7.00. The van der Waals surface area contributed by atoms with Crippen molar-refractivity contribution >= 4 is 12.0 Å². The molecule has 0 radical (unpaired) electrons. The Bertz CT molecular complexity index is 344. The van der Waals surface area contributed by atoms with E-state index in [0.717, 1.165) is 19.5 Å². The van der Waals surface area contributed by atoms with Crippen molar-refractivity contribution in [2.75, 3.05) is 32.8 Å². The highest BCUT2D eigenvalue weighted by molar-refractivity contribution is 5.77. The summed E-state index contributed by atoms with van der Waals surface area (Å²) < 4.78 is 5.14. The number of carboxylic acid groups (broad SMARTS) is 1. The smallest absolute Gasteiger partial charge is 0.334 e. The first-order chi connectivity index (χ1) is 9.11. The number of carbonyl (C=O) groups is 2. The second kappa shape index (κ2) is 6.23. The number of nitrogens with zero attached hydrogens (tertiary/aromatic N) is 2. The topological polar surface area (TPSA) is 70.1 Å². The summed E-state index contributed by atoms with van der Waals surface area (Å²) in [6.45, 7) is 4.53. The van der Waals surface area contributed by atoms with Crippen LogP contribution < -0.4 is 0 Å². The van der Waals surface area contributed by atoms with Gasteiger partial charge in [0.05, 0.1) is 13.2 Å². The van der Waals surface area contributed by atoms with E-state index in [1.54, 1.807) is 4.90 Å². The summed E-state index contributed by atoms with van der Waals surface area (Å²) in [4.78, 5) is 26.8.